The summed E-state index contributed by atoms with van der Waals surface area (Å²) in [6.45, 7) is 2.93. The molecule has 17 heavy (non-hydrogen) atoms. The van der Waals surface area contributed by atoms with Crippen LogP contribution in [0.5, 0.6) is 0 Å². The van der Waals surface area contributed by atoms with Gasteiger partial charge in [0.25, 0.3) is 0 Å². The molecule has 0 radical (unpaired) electrons. The van der Waals surface area contributed by atoms with Crippen molar-refractivity contribution in [2.24, 2.45) is 0 Å². The fraction of sp³-hybridized carbons (Fsp3) is 0.500. The lowest BCUT2D eigenvalue weighted by molar-refractivity contribution is 0.225. The highest BCUT2D eigenvalue weighted by molar-refractivity contribution is 5.25. The van der Waals surface area contributed by atoms with Crippen molar-refractivity contribution in [1.82, 2.24) is 4.90 Å². The van der Waals surface area contributed by atoms with Gasteiger partial charge in [-0.1, -0.05) is 18.6 Å². The second-order valence-corrected chi connectivity index (χ2v) is 4.59. The Hall–Kier alpha value is -1.40. The molecule has 0 amide bonds. The van der Waals surface area contributed by atoms with Crippen molar-refractivity contribution in [2.75, 3.05) is 19.6 Å². The zero-order chi connectivity index (χ0) is 12.1. The first-order valence-corrected chi connectivity index (χ1v) is 6.17. The predicted molar refractivity (Wildman–Crippen MR) is 65.0 cm³/mol. The van der Waals surface area contributed by atoms with Crippen LogP contribution >= 0.6 is 0 Å². The highest BCUT2D eigenvalue weighted by Gasteiger charge is 2.17. The summed E-state index contributed by atoms with van der Waals surface area (Å²) in [5.41, 5.74) is 0.916. The van der Waals surface area contributed by atoms with Gasteiger partial charge in [-0.15, -0.1) is 0 Å². The van der Waals surface area contributed by atoms with Gasteiger partial charge in [0.1, 0.15) is 5.82 Å². The number of hydrogen-bond acceptors (Lipinski definition) is 2. The monoisotopic (exact) mass is 232 g/mol. The van der Waals surface area contributed by atoms with Gasteiger partial charge in [-0.3, -0.25) is 0 Å². The topological polar surface area (TPSA) is 27.0 Å². The molecule has 1 unspecified atom stereocenters. The molecule has 1 aliphatic heterocycles. The first kappa shape index (κ1) is 12.1. The van der Waals surface area contributed by atoms with Gasteiger partial charge in [0.15, 0.2) is 0 Å². The molecule has 1 heterocycles. The SMILES string of the molecule is N#CC(CN1CCCCC1)c1ccc(F)cc1. The Morgan fingerprint density at radius 2 is 1.82 bits per heavy atom. The molecule has 3 heteroatoms. The lowest BCUT2D eigenvalue weighted by atomic mass is 9.99. The summed E-state index contributed by atoms with van der Waals surface area (Å²) < 4.78 is 12.8. The molecule has 2 nitrogen and oxygen atoms in total. The zero-order valence-corrected chi connectivity index (χ0v) is 9.90. The zero-order valence-electron chi connectivity index (χ0n) is 9.90. The molecule has 1 aromatic carbocycles. The van der Waals surface area contributed by atoms with Crippen molar-refractivity contribution in [1.29, 1.82) is 5.26 Å². The van der Waals surface area contributed by atoms with E-state index in [4.69, 9.17) is 0 Å². The second kappa shape index (κ2) is 5.79. The minimum Gasteiger partial charge on any atom is -0.302 e. The Labute approximate surface area is 102 Å². The Bertz CT molecular complexity index is 388. The van der Waals surface area contributed by atoms with E-state index in [-0.39, 0.29) is 11.7 Å². The predicted octanol–water partition coefficient (Wildman–Crippen LogP) is 2.92. The molecular formula is C14H17FN2. The van der Waals surface area contributed by atoms with Crippen LogP contribution in [0.25, 0.3) is 0 Å². The number of piperidine rings is 1. The van der Waals surface area contributed by atoms with E-state index >= 15 is 0 Å². The Morgan fingerprint density at radius 1 is 1.18 bits per heavy atom. The molecule has 1 saturated heterocycles. The summed E-state index contributed by atoms with van der Waals surface area (Å²) in [4.78, 5) is 2.33. The number of benzene rings is 1. The van der Waals surface area contributed by atoms with Crippen molar-refractivity contribution < 1.29 is 4.39 Å². The molecule has 1 fully saturated rings. The van der Waals surface area contributed by atoms with Crippen LogP contribution < -0.4 is 0 Å². The van der Waals surface area contributed by atoms with E-state index in [1.54, 1.807) is 12.1 Å². The average molecular weight is 232 g/mol. The minimum absolute atomic E-state index is 0.145. The Balaban J connectivity index is 2.01. The van der Waals surface area contributed by atoms with E-state index in [0.717, 1.165) is 25.2 Å². The molecule has 2 rings (SSSR count). The standard InChI is InChI=1S/C14H17FN2/c15-14-6-4-12(5-7-14)13(10-16)11-17-8-2-1-3-9-17/h4-7,13H,1-3,8-9,11H2. The number of hydrogen-bond donors (Lipinski definition) is 0. The van der Waals surface area contributed by atoms with E-state index in [1.165, 1.54) is 31.4 Å². The third-order valence-electron chi connectivity index (χ3n) is 3.32. The normalized spacial score (nSPS) is 18.6. The first-order chi connectivity index (χ1) is 8.29. The molecule has 0 aromatic heterocycles. The third-order valence-corrected chi connectivity index (χ3v) is 3.32. The molecule has 0 saturated carbocycles. The average Bonchev–Trinajstić information content (AvgIpc) is 2.38. The van der Waals surface area contributed by atoms with Gasteiger partial charge in [-0.25, -0.2) is 4.39 Å². The highest BCUT2D eigenvalue weighted by atomic mass is 19.1. The van der Waals surface area contributed by atoms with Crippen molar-refractivity contribution in [3.05, 3.63) is 35.6 Å². The number of halogens is 1. The Morgan fingerprint density at radius 3 is 2.41 bits per heavy atom. The largest absolute Gasteiger partial charge is 0.302 e. The molecule has 1 atom stereocenters. The molecule has 0 aliphatic carbocycles. The highest BCUT2D eigenvalue weighted by Crippen LogP contribution is 2.19. The summed E-state index contributed by atoms with van der Waals surface area (Å²) in [7, 11) is 0. The molecule has 0 spiro atoms. The van der Waals surface area contributed by atoms with Crippen LogP contribution in [0.15, 0.2) is 24.3 Å². The van der Waals surface area contributed by atoms with E-state index < -0.39 is 0 Å². The maximum atomic E-state index is 12.8. The van der Waals surface area contributed by atoms with Gasteiger partial charge in [-0.2, -0.15) is 5.26 Å². The van der Waals surface area contributed by atoms with Crippen LogP contribution in [-0.4, -0.2) is 24.5 Å². The van der Waals surface area contributed by atoms with Gasteiger partial charge in [-0.05, 0) is 43.6 Å². The van der Waals surface area contributed by atoms with Gasteiger partial charge in [0.2, 0.25) is 0 Å². The van der Waals surface area contributed by atoms with E-state index in [1.807, 2.05) is 0 Å². The van der Waals surface area contributed by atoms with Crippen LogP contribution in [0, 0.1) is 17.1 Å². The van der Waals surface area contributed by atoms with Gasteiger partial charge in [0, 0.05) is 6.54 Å². The second-order valence-electron chi connectivity index (χ2n) is 4.59. The maximum Gasteiger partial charge on any atom is 0.123 e. The summed E-state index contributed by atoms with van der Waals surface area (Å²) >= 11 is 0. The third kappa shape index (κ3) is 3.28. The first-order valence-electron chi connectivity index (χ1n) is 6.17. The Kier molecular flexibility index (Phi) is 4.11. The summed E-state index contributed by atoms with van der Waals surface area (Å²) in [6.07, 6.45) is 3.74. The van der Waals surface area contributed by atoms with Gasteiger partial charge >= 0.3 is 0 Å². The van der Waals surface area contributed by atoms with Crippen LogP contribution in [-0.2, 0) is 0 Å². The number of nitriles is 1. The molecule has 0 N–H and O–H groups in total. The summed E-state index contributed by atoms with van der Waals surface area (Å²) in [5.74, 6) is -0.392. The molecule has 1 aromatic rings. The lowest BCUT2D eigenvalue weighted by Crippen LogP contribution is -2.33. The summed E-state index contributed by atoms with van der Waals surface area (Å²) in [6, 6.07) is 8.60. The number of nitrogens with zero attached hydrogens (tertiary/aromatic N) is 2. The fourth-order valence-corrected chi connectivity index (χ4v) is 2.32. The fourth-order valence-electron chi connectivity index (χ4n) is 2.32. The van der Waals surface area contributed by atoms with Crippen LogP contribution in [0.3, 0.4) is 0 Å². The van der Waals surface area contributed by atoms with Crippen molar-refractivity contribution in [3.8, 4) is 6.07 Å². The molecular weight excluding hydrogens is 215 g/mol. The van der Waals surface area contributed by atoms with E-state index in [0.29, 0.717) is 0 Å². The molecule has 90 valence electrons. The smallest absolute Gasteiger partial charge is 0.123 e. The van der Waals surface area contributed by atoms with E-state index in [9.17, 15) is 9.65 Å². The quantitative estimate of drug-likeness (QED) is 0.801. The molecule has 1 aliphatic rings. The minimum atomic E-state index is -0.247. The van der Waals surface area contributed by atoms with Gasteiger partial charge in [0.05, 0.1) is 12.0 Å². The van der Waals surface area contributed by atoms with E-state index in [2.05, 4.69) is 11.0 Å². The molecule has 0 bridgehead atoms. The lowest BCUT2D eigenvalue weighted by Gasteiger charge is -2.28. The maximum absolute atomic E-state index is 12.8. The van der Waals surface area contributed by atoms with Crippen LogP contribution in [0.2, 0.25) is 0 Å². The van der Waals surface area contributed by atoms with Crippen molar-refractivity contribution in [3.63, 3.8) is 0 Å². The summed E-state index contributed by atoms with van der Waals surface area (Å²) in [5, 5.41) is 9.21. The van der Waals surface area contributed by atoms with Gasteiger partial charge < -0.3 is 4.90 Å². The van der Waals surface area contributed by atoms with Crippen LogP contribution in [0.1, 0.15) is 30.7 Å². The number of rotatable bonds is 3. The van der Waals surface area contributed by atoms with Crippen LogP contribution in [0.4, 0.5) is 4.39 Å². The van der Waals surface area contributed by atoms with Crippen molar-refractivity contribution in [2.45, 2.75) is 25.2 Å². The number of likely N-dealkylation sites (tertiary alicyclic amines) is 1. The van der Waals surface area contributed by atoms with Crippen molar-refractivity contribution >= 4 is 0 Å².